The van der Waals surface area contributed by atoms with Gasteiger partial charge in [0.2, 0.25) is 0 Å². The summed E-state index contributed by atoms with van der Waals surface area (Å²) in [6.45, 7) is 0. The summed E-state index contributed by atoms with van der Waals surface area (Å²) in [6.07, 6.45) is 1.61. The zero-order chi connectivity index (χ0) is 14.8. The topological polar surface area (TPSA) is 79.8 Å². The van der Waals surface area contributed by atoms with Gasteiger partial charge in [-0.2, -0.15) is 8.75 Å². The van der Waals surface area contributed by atoms with E-state index < -0.39 is 0 Å². The Morgan fingerprint density at radius 2 is 2.14 bits per heavy atom. The van der Waals surface area contributed by atoms with Crippen LogP contribution in [0.4, 0.5) is 11.5 Å². The molecular formula is C13H10ClN5OS. The number of amides is 1. The van der Waals surface area contributed by atoms with E-state index in [1.165, 1.54) is 0 Å². The summed E-state index contributed by atoms with van der Waals surface area (Å²) in [4.78, 5) is 16.5. The van der Waals surface area contributed by atoms with Gasteiger partial charge in [0.25, 0.3) is 5.91 Å². The number of hydrogen-bond acceptors (Lipinski definition) is 6. The summed E-state index contributed by atoms with van der Waals surface area (Å²) >= 11 is 7.23. The molecule has 0 atom stereocenters. The molecule has 6 nitrogen and oxygen atoms in total. The van der Waals surface area contributed by atoms with Crippen LogP contribution in [0.1, 0.15) is 10.4 Å². The van der Waals surface area contributed by atoms with Gasteiger partial charge in [-0.1, -0.05) is 11.6 Å². The minimum absolute atomic E-state index is 0.310. The molecule has 0 spiro atoms. The number of hydrogen-bond donors (Lipinski definition) is 2. The van der Waals surface area contributed by atoms with Crippen molar-refractivity contribution in [2.24, 2.45) is 0 Å². The first-order chi connectivity index (χ1) is 10.2. The number of rotatable bonds is 3. The smallest absolute Gasteiger partial charge is 0.259 e. The van der Waals surface area contributed by atoms with E-state index in [9.17, 15) is 4.79 Å². The first-order valence-corrected chi connectivity index (χ1v) is 7.16. The van der Waals surface area contributed by atoms with Crippen LogP contribution in [0.3, 0.4) is 0 Å². The molecule has 2 N–H and O–H groups in total. The van der Waals surface area contributed by atoms with Crippen LogP contribution >= 0.6 is 23.3 Å². The quantitative estimate of drug-likeness (QED) is 0.775. The number of aromatic nitrogens is 3. The van der Waals surface area contributed by atoms with Gasteiger partial charge in [-0.15, -0.1) is 0 Å². The van der Waals surface area contributed by atoms with Crippen LogP contribution in [0.25, 0.3) is 11.0 Å². The van der Waals surface area contributed by atoms with Crippen LogP contribution in [0.5, 0.6) is 0 Å². The van der Waals surface area contributed by atoms with Crippen LogP contribution < -0.4 is 10.6 Å². The predicted octanol–water partition coefficient (Wildman–Crippen LogP) is 3.03. The third-order valence-electron chi connectivity index (χ3n) is 2.90. The first kappa shape index (κ1) is 13.7. The molecule has 3 rings (SSSR count). The first-order valence-electron chi connectivity index (χ1n) is 6.05. The third kappa shape index (κ3) is 2.53. The van der Waals surface area contributed by atoms with Crippen molar-refractivity contribution in [3.63, 3.8) is 0 Å². The number of nitrogens with one attached hydrogen (secondary N) is 2. The molecule has 1 aromatic carbocycles. The number of halogens is 1. The van der Waals surface area contributed by atoms with Crippen LogP contribution in [0.15, 0.2) is 30.5 Å². The molecule has 0 fully saturated rings. The normalized spacial score (nSPS) is 10.6. The number of nitrogens with zero attached hydrogens (tertiary/aromatic N) is 3. The molecule has 0 saturated carbocycles. The molecule has 0 aliphatic rings. The predicted molar refractivity (Wildman–Crippen MR) is 84.2 cm³/mol. The standard InChI is InChI=1S/C13H10ClN5OS/c1-15-12-7(3-2-6-16-12)13(20)17-10-8(14)4-5-9-11(10)19-21-18-9/h2-6H,1H3,(H,15,16)(H,17,20). The number of benzene rings is 1. The van der Waals surface area contributed by atoms with Gasteiger partial charge in [-0.3, -0.25) is 4.79 Å². The fourth-order valence-corrected chi connectivity index (χ4v) is 2.66. The Bertz CT molecular complexity index is 819. The molecular weight excluding hydrogens is 310 g/mol. The highest BCUT2D eigenvalue weighted by Crippen LogP contribution is 2.30. The maximum Gasteiger partial charge on any atom is 0.259 e. The number of carbonyl (C=O) groups excluding carboxylic acids is 1. The van der Waals surface area contributed by atoms with Crippen molar-refractivity contribution in [1.29, 1.82) is 0 Å². The second kappa shape index (κ2) is 5.63. The van der Waals surface area contributed by atoms with Crippen LogP contribution in [-0.4, -0.2) is 26.7 Å². The summed E-state index contributed by atoms with van der Waals surface area (Å²) in [6, 6.07) is 6.83. The molecule has 0 saturated heterocycles. The van der Waals surface area contributed by atoms with Gasteiger partial charge in [0.15, 0.2) is 0 Å². The zero-order valence-electron chi connectivity index (χ0n) is 10.9. The molecule has 0 aliphatic heterocycles. The highest BCUT2D eigenvalue weighted by atomic mass is 35.5. The van der Waals surface area contributed by atoms with Gasteiger partial charge in [-0.05, 0) is 24.3 Å². The minimum Gasteiger partial charge on any atom is -0.372 e. The fraction of sp³-hybridized carbons (Fsp3) is 0.0769. The summed E-state index contributed by atoms with van der Waals surface area (Å²) in [7, 11) is 1.71. The van der Waals surface area contributed by atoms with Crippen molar-refractivity contribution >= 4 is 51.8 Å². The van der Waals surface area contributed by atoms with Gasteiger partial charge in [-0.25, -0.2) is 4.98 Å². The Morgan fingerprint density at radius 1 is 1.29 bits per heavy atom. The van der Waals surface area contributed by atoms with E-state index in [2.05, 4.69) is 24.4 Å². The lowest BCUT2D eigenvalue weighted by atomic mass is 10.2. The average molecular weight is 320 g/mol. The van der Waals surface area contributed by atoms with Crippen LogP contribution in [0, 0.1) is 0 Å². The number of pyridine rings is 1. The van der Waals surface area contributed by atoms with Crippen LogP contribution in [0.2, 0.25) is 5.02 Å². The molecule has 0 radical (unpaired) electrons. The van der Waals surface area contributed by atoms with Gasteiger partial charge in [0.1, 0.15) is 16.9 Å². The van der Waals surface area contributed by atoms with Gasteiger partial charge in [0.05, 0.1) is 28.0 Å². The largest absolute Gasteiger partial charge is 0.372 e. The highest BCUT2D eigenvalue weighted by Gasteiger charge is 2.16. The highest BCUT2D eigenvalue weighted by molar-refractivity contribution is 7.00. The van der Waals surface area contributed by atoms with E-state index in [-0.39, 0.29) is 5.91 Å². The van der Waals surface area contributed by atoms with Gasteiger partial charge in [0, 0.05) is 13.2 Å². The third-order valence-corrected chi connectivity index (χ3v) is 3.76. The van der Waals surface area contributed by atoms with Crippen molar-refractivity contribution in [3.8, 4) is 0 Å². The molecule has 0 bridgehead atoms. The molecule has 3 aromatic rings. The maximum absolute atomic E-state index is 12.4. The lowest BCUT2D eigenvalue weighted by molar-refractivity contribution is 0.102. The fourth-order valence-electron chi connectivity index (χ4n) is 1.91. The molecule has 2 aromatic heterocycles. The van der Waals surface area contributed by atoms with E-state index in [1.54, 1.807) is 37.5 Å². The Hall–Kier alpha value is -2.25. The lowest BCUT2D eigenvalue weighted by Gasteiger charge is -2.10. The van der Waals surface area contributed by atoms with Gasteiger partial charge < -0.3 is 10.6 Å². The monoisotopic (exact) mass is 319 g/mol. The van der Waals surface area contributed by atoms with Crippen molar-refractivity contribution in [3.05, 3.63) is 41.0 Å². The average Bonchev–Trinajstić information content (AvgIpc) is 2.98. The summed E-state index contributed by atoms with van der Waals surface area (Å²) in [5, 5.41) is 6.08. The van der Waals surface area contributed by atoms with Gasteiger partial charge >= 0.3 is 0 Å². The Balaban J connectivity index is 2.00. The lowest BCUT2D eigenvalue weighted by Crippen LogP contribution is -2.15. The maximum atomic E-state index is 12.4. The van der Waals surface area contributed by atoms with Crippen molar-refractivity contribution in [2.45, 2.75) is 0 Å². The SMILES string of the molecule is CNc1ncccc1C(=O)Nc1c(Cl)ccc2nsnc12. The number of carbonyl (C=O) groups is 1. The van der Waals surface area contributed by atoms with Crippen molar-refractivity contribution < 1.29 is 4.79 Å². The summed E-state index contributed by atoms with van der Waals surface area (Å²) in [5.74, 6) is 0.185. The minimum atomic E-state index is -0.310. The molecule has 106 valence electrons. The summed E-state index contributed by atoms with van der Waals surface area (Å²) in [5.41, 5.74) is 2.16. The summed E-state index contributed by atoms with van der Waals surface area (Å²) < 4.78 is 8.30. The van der Waals surface area contributed by atoms with Crippen LogP contribution in [-0.2, 0) is 0 Å². The molecule has 8 heteroatoms. The van der Waals surface area contributed by atoms with Crippen molar-refractivity contribution in [1.82, 2.24) is 13.7 Å². The molecule has 2 heterocycles. The van der Waals surface area contributed by atoms with E-state index in [1.807, 2.05) is 0 Å². The van der Waals surface area contributed by atoms with E-state index in [4.69, 9.17) is 11.6 Å². The molecule has 21 heavy (non-hydrogen) atoms. The second-order valence-corrected chi connectivity index (χ2v) is 5.09. The second-order valence-electron chi connectivity index (χ2n) is 4.16. The Morgan fingerprint density at radius 3 is 2.95 bits per heavy atom. The van der Waals surface area contributed by atoms with E-state index in [0.29, 0.717) is 33.1 Å². The molecule has 1 amide bonds. The molecule has 0 unspecified atom stereocenters. The Kier molecular flexibility index (Phi) is 3.68. The van der Waals surface area contributed by atoms with Crippen molar-refractivity contribution in [2.75, 3.05) is 17.7 Å². The zero-order valence-corrected chi connectivity index (χ0v) is 12.5. The van der Waals surface area contributed by atoms with E-state index in [0.717, 1.165) is 11.7 Å². The number of fused-ring (bicyclic) bond motifs is 1. The Labute approximate surface area is 129 Å². The van der Waals surface area contributed by atoms with E-state index >= 15 is 0 Å². The molecule has 0 aliphatic carbocycles. The number of anilines is 2.